The normalized spacial score (nSPS) is 20.6. The summed E-state index contributed by atoms with van der Waals surface area (Å²) in [5.41, 5.74) is 8.50. The number of aliphatic carboxylic acids is 1. The fourth-order valence-corrected chi connectivity index (χ4v) is 5.88. The van der Waals surface area contributed by atoms with Crippen molar-refractivity contribution in [2.75, 3.05) is 19.0 Å². The highest BCUT2D eigenvalue weighted by atomic mass is 19.4. The fourth-order valence-electron chi connectivity index (χ4n) is 5.88. The Morgan fingerprint density at radius 1 is 1.10 bits per heavy atom. The molecule has 1 spiro atoms. The lowest BCUT2D eigenvalue weighted by Gasteiger charge is -2.17. The smallest absolute Gasteiger partial charge is 0.490 e. The highest BCUT2D eigenvalue weighted by Crippen LogP contribution is 2.65. The summed E-state index contributed by atoms with van der Waals surface area (Å²) >= 11 is 0. The number of carboxylic acid groups (broad SMARTS) is 1. The molecule has 8 nitrogen and oxygen atoms in total. The summed E-state index contributed by atoms with van der Waals surface area (Å²) < 4.78 is 37.2. The Morgan fingerprint density at radius 2 is 1.90 bits per heavy atom. The molecule has 1 amide bonds. The van der Waals surface area contributed by atoms with Gasteiger partial charge in [0.05, 0.1) is 23.7 Å². The molecule has 1 aromatic heterocycles. The van der Waals surface area contributed by atoms with Crippen LogP contribution in [0, 0.1) is 0 Å². The van der Waals surface area contributed by atoms with Crippen molar-refractivity contribution in [2.45, 2.75) is 36.9 Å². The summed E-state index contributed by atoms with van der Waals surface area (Å²) in [6, 6.07) is 18.9. The van der Waals surface area contributed by atoms with Gasteiger partial charge in [-0.25, -0.2) is 4.79 Å². The number of benzene rings is 3. The molecule has 1 saturated carbocycles. The highest BCUT2D eigenvalue weighted by Gasteiger charge is 2.65. The van der Waals surface area contributed by atoms with Gasteiger partial charge in [0.25, 0.3) is 0 Å². The van der Waals surface area contributed by atoms with Crippen molar-refractivity contribution < 1.29 is 32.6 Å². The molecule has 3 aliphatic rings. The molecule has 4 aromatic rings. The number of amides is 1. The van der Waals surface area contributed by atoms with Gasteiger partial charge in [0.15, 0.2) is 0 Å². The zero-order valence-electron chi connectivity index (χ0n) is 22.5. The minimum atomic E-state index is -5.08. The number of aromatic amines is 1. The van der Waals surface area contributed by atoms with Crippen molar-refractivity contribution in [2.24, 2.45) is 0 Å². The lowest BCUT2D eigenvalue weighted by molar-refractivity contribution is -0.192. The van der Waals surface area contributed by atoms with Gasteiger partial charge in [-0.1, -0.05) is 36.4 Å². The van der Waals surface area contributed by atoms with E-state index in [2.05, 4.69) is 69.4 Å². The first kappa shape index (κ1) is 27.5. The van der Waals surface area contributed by atoms with Gasteiger partial charge in [0.1, 0.15) is 5.75 Å². The third-order valence-electron chi connectivity index (χ3n) is 8.13. The molecular formula is C31H27F3N4O4. The maximum Gasteiger partial charge on any atom is 0.490 e. The van der Waals surface area contributed by atoms with E-state index in [0.29, 0.717) is 0 Å². The van der Waals surface area contributed by atoms with Gasteiger partial charge in [-0.15, -0.1) is 0 Å². The number of halogens is 3. The number of rotatable bonds is 4. The Balaban J connectivity index is 0.000000405. The van der Waals surface area contributed by atoms with Gasteiger partial charge in [-0.2, -0.15) is 18.3 Å². The predicted octanol–water partition coefficient (Wildman–Crippen LogP) is 5.40. The first-order valence-electron chi connectivity index (χ1n) is 13.4. The lowest BCUT2D eigenvalue weighted by Crippen LogP contribution is -2.23. The number of aromatic nitrogens is 2. The van der Waals surface area contributed by atoms with E-state index in [9.17, 15) is 18.0 Å². The topological polar surface area (TPSA) is 116 Å². The van der Waals surface area contributed by atoms with Crippen LogP contribution in [-0.4, -0.2) is 47.0 Å². The van der Waals surface area contributed by atoms with Crippen molar-refractivity contribution in [1.29, 1.82) is 0 Å². The van der Waals surface area contributed by atoms with Crippen molar-refractivity contribution in [3.05, 3.63) is 88.1 Å². The van der Waals surface area contributed by atoms with Crippen LogP contribution < -0.4 is 15.4 Å². The van der Waals surface area contributed by atoms with Crippen molar-refractivity contribution in [3.63, 3.8) is 0 Å². The SMILES string of the molecule is COc1ccc2c(c1)[C@]1(C[C@H]1c1ccc3c(C=Cc4ccc5c(c4)CNCC5)n[nH]c3c1)C(=O)N2.O=C(O)C(F)(F)F. The van der Waals surface area contributed by atoms with Crippen LogP contribution in [0.1, 0.15) is 45.8 Å². The van der Waals surface area contributed by atoms with E-state index in [1.54, 1.807) is 7.11 Å². The molecule has 216 valence electrons. The molecule has 0 bridgehead atoms. The Bertz CT molecular complexity index is 1750. The largest absolute Gasteiger partial charge is 0.497 e. The van der Waals surface area contributed by atoms with E-state index in [1.165, 1.54) is 16.7 Å². The zero-order valence-corrected chi connectivity index (χ0v) is 22.5. The lowest BCUT2D eigenvalue weighted by atomic mass is 9.91. The van der Waals surface area contributed by atoms with Crippen LogP contribution in [0.4, 0.5) is 18.9 Å². The number of fused-ring (bicyclic) bond motifs is 4. The number of nitrogens with zero attached hydrogens (tertiary/aromatic N) is 1. The maximum atomic E-state index is 13.0. The zero-order chi connectivity index (χ0) is 29.6. The molecule has 3 aromatic carbocycles. The summed E-state index contributed by atoms with van der Waals surface area (Å²) in [7, 11) is 1.66. The van der Waals surface area contributed by atoms with E-state index >= 15 is 0 Å². The number of carbonyl (C=O) groups is 2. The van der Waals surface area contributed by atoms with Crippen molar-refractivity contribution in [3.8, 4) is 5.75 Å². The van der Waals surface area contributed by atoms with Crippen LogP contribution in [0.15, 0.2) is 54.6 Å². The molecule has 1 fully saturated rings. The van der Waals surface area contributed by atoms with Gasteiger partial charge < -0.3 is 20.5 Å². The minimum absolute atomic E-state index is 0.0827. The van der Waals surface area contributed by atoms with Gasteiger partial charge in [-0.3, -0.25) is 9.89 Å². The molecule has 2 aliphatic heterocycles. The Hall–Kier alpha value is -4.64. The summed E-state index contributed by atoms with van der Waals surface area (Å²) in [6.07, 6.45) is 1.01. The van der Waals surface area contributed by atoms with Crippen LogP contribution in [0.3, 0.4) is 0 Å². The number of hydrogen-bond acceptors (Lipinski definition) is 5. The monoisotopic (exact) mass is 576 g/mol. The number of carboxylic acids is 1. The van der Waals surface area contributed by atoms with E-state index in [1.807, 2.05) is 18.2 Å². The third kappa shape index (κ3) is 4.89. The molecule has 2 atom stereocenters. The van der Waals surface area contributed by atoms with Crippen LogP contribution in [0.5, 0.6) is 5.75 Å². The number of hydrogen-bond donors (Lipinski definition) is 4. The Morgan fingerprint density at radius 3 is 2.67 bits per heavy atom. The summed E-state index contributed by atoms with van der Waals surface area (Å²) in [5.74, 6) is -1.75. The van der Waals surface area contributed by atoms with Gasteiger partial charge in [0.2, 0.25) is 5.91 Å². The van der Waals surface area contributed by atoms with Gasteiger partial charge in [0, 0.05) is 23.5 Å². The number of alkyl halides is 3. The number of H-pyrrole nitrogens is 1. The average Bonchev–Trinajstić information content (AvgIpc) is 3.52. The van der Waals surface area contributed by atoms with Crippen molar-refractivity contribution >= 4 is 40.6 Å². The molecule has 42 heavy (non-hydrogen) atoms. The summed E-state index contributed by atoms with van der Waals surface area (Å²) in [4.78, 5) is 21.9. The molecule has 3 heterocycles. The van der Waals surface area contributed by atoms with Crippen LogP contribution in [0.25, 0.3) is 23.1 Å². The second-order valence-corrected chi connectivity index (χ2v) is 10.6. The first-order valence-corrected chi connectivity index (χ1v) is 13.4. The molecule has 7 rings (SSSR count). The molecule has 0 radical (unpaired) electrons. The van der Waals surface area contributed by atoms with Crippen LogP contribution in [-0.2, 0) is 28.0 Å². The fraction of sp³-hybridized carbons (Fsp3) is 0.258. The standard InChI is InChI=1S/C29H26N4O2.C2HF3O2/c1-35-21-6-9-26-23(14-21)29(28(34)31-26)15-24(29)19-5-7-22-25(32-33-27(22)13-19)8-3-17-2-4-18-10-11-30-16-20(18)12-17;3-2(4,5)1(6)7/h2-9,12-14,24,30H,10-11,15-16H2,1H3,(H,31,34)(H,32,33);(H,6,7)/t24-,29-;/m0./s1. The molecule has 0 unspecified atom stereocenters. The number of nitrogens with one attached hydrogen (secondary N) is 3. The van der Waals surface area contributed by atoms with Gasteiger partial charge in [-0.05, 0) is 77.5 Å². The third-order valence-corrected chi connectivity index (χ3v) is 8.13. The first-order chi connectivity index (χ1) is 20.1. The molecule has 11 heteroatoms. The number of ether oxygens (including phenoxy) is 1. The van der Waals surface area contributed by atoms with Crippen LogP contribution in [0.2, 0.25) is 0 Å². The molecule has 0 saturated heterocycles. The van der Waals surface area contributed by atoms with E-state index in [0.717, 1.165) is 65.1 Å². The van der Waals surface area contributed by atoms with E-state index < -0.39 is 17.6 Å². The number of anilines is 1. The summed E-state index contributed by atoms with van der Waals surface area (Å²) in [5, 5.41) is 22.5. The second kappa shape index (κ2) is 10.3. The predicted molar refractivity (Wildman–Crippen MR) is 151 cm³/mol. The molecule has 1 aliphatic carbocycles. The summed E-state index contributed by atoms with van der Waals surface area (Å²) in [6.45, 7) is 1.99. The number of carbonyl (C=O) groups excluding carboxylic acids is 1. The van der Waals surface area contributed by atoms with Gasteiger partial charge >= 0.3 is 12.1 Å². The number of methoxy groups -OCH3 is 1. The minimum Gasteiger partial charge on any atom is -0.497 e. The van der Waals surface area contributed by atoms with Crippen LogP contribution >= 0.6 is 0 Å². The highest BCUT2D eigenvalue weighted by molar-refractivity contribution is 6.10. The average molecular weight is 577 g/mol. The Labute approximate surface area is 238 Å². The van der Waals surface area contributed by atoms with E-state index in [4.69, 9.17) is 14.6 Å². The quantitative estimate of drug-likeness (QED) is 0.259. The Kier molecular flexibility index (Phi) is 6.77. The maximum absolute atomic E-state index is 13.0. The van der Waals surface area contributed by atoms with Crippen molar-refractivity contribution in [1.82, 2.24) is 15.5 Å². The van der Waals surface area contributed by atoms with E-state index in [-0.39, 0.29) is 11.8 Å². The second-order valence-electron chi connectivity index (χ2n) is 10.6. The molecular weight excluding hydrogens is 549 g/mol. The molecule has 4 N–H and O–H groups in total.